The maximum Gasteiger partial charge on any atom is 0.103 e. The summed E-state index contributed by atoms with van der Waals surface area (Å²) in [6, 6.07) is 8.24. The predicted molar refractivity (Wildman–Crippen MR) is 136 cm³/mol. The van der Waals surface area contributed by atoms with E-state index in [1.807, 2.05) is 18.2 Å². The molecule has 2 aliphatic rings. The molecule has 0 saturated carbocycles. The number of hydrogen-bond donors (Lipinski definition) is 2. The van der Waals surface area contributed by atoms with E-state index in [0.29, 0.717) is 17.1 Å². The van der Waals surface area contributed by atoms with Gasteiger partial charge in [-0.2, -0.15) is 5.10 Å². The quantitative estimate of drug-likeness (QED) is 0.545. The van der Waals surface area contributed by atoms with E-state index < -0.39 is 5.60 Å². The van der Waals surface area contributed by atoms with Crippen LogP contribution in [0.3, 0.4) is 0 Å². The fourth-order valence-electron chi connectivity index (χ4n) is 4.17. The number of allylic oxidation sites excluding steroid dienone is 4. The van der Waals surface area contributed by atoms with Gasteiger partial charge in [-0.3, -0.25) is 4.90 Å². The molecule has 0 spiro atoms. The van der Waals surface area contributed by atoms with Gasteiger partial charge in [0, 0.05) is 37.4 Å². The minimum Gasteiger partial charge on any atom is -0.384 e. The van der Waals surface area contributed by atoms with E-state index in [4.69, 9.17) is 33.0 Å². The Bertz CT molecular complexity index is 1050. The Morgan fingerprint density at radius 2 is 2.00 bits per heavy atom. The van der Waals surface area contributed by atoms with Gasteiger partial charge in [0.1, 0.15) is 5.60 Å². The molecular formula is C25H32Cl2N4O2. The standard InChI is InChI=1S/C25H32Cl2N4O2/c1-17-15-18(28-9-10-30-11-13-33-14-12-30)7-8-19(17)22-16-23(25(2,3)32)29-31(22)24-20(26)5-4-6-21(24)27/h4-5,7-8,15-16,21,28,32H,6,9-14H2,1-3H3/t21-/m0/s1. The lowest BCUT2D eigenvalue weighted by atomic mass is 10.0. The van der Waals surface area contributed by atoms with Crippen LogP contribution >= 0.6 is 23.2 Å². The Balaban J connectivity index is 1.61. The van der Waals surface area contributed by atoms with Gasteiger partial charge in [-0.05, 0) is 57.0 Å². The van der Waals surface area contributed by atoms with Crippen molar-refractivity contribution in [1.82, 2.24) is 14.7 Å². The maximum atomic E-state index is 10.6. The number of hydrogen-bond acceptors (Lipinski definition) is 5. The molecule has 2 aromatic rings. The first kappa shape index (κ1) is 24.3. The average molecular weight is 491 g/mol. The van der Waals surface area contributed by atoms with Gasteiger partial charge in [-0.25, -0.2) is 4.68 Å². The molecule has 0 radical (unpaired) electrons. The Labute approximate surface area is 205 Å². The van der Waals surface area contributed by atoms with Crippen LogP contribution in [-0.4, -0.2) is 64.6 Å². The van der Waals surface area contributed by atoms with Crippen molar-refractivity contribution in [3.63, 3.8) is 0 Å². The van der Waals surface area contributed by atoms with Crippen molar-refractivity contribution in [3.05, 3.63) is 52.7 Å². The number of ether oxygens (including phenoxy) is 1. The van der Waals surface area contributed by atoms with Gasteiger partial charge in [0.05, 0.1) is 40.7 Å². The van der Waals surface area contributed by atoms with Gasteiger partial charge in [-0.1, -0.05) is 23.7 Å². The molecule has 1 fully saturated rings. The normalized spacial score (nSPS) is 19.9. The van der Waals surface area contributed by atoms with Crippen molar-refractivity contribution in [2.75, 3.05) is 44.7 Å². The van der Waals surface area contributed by atoms with Crippen LogP contribution in [0.15, 0.2) is 41.4 Å². The molecule has 1 aliphatic heterocycles. The summed E-state index contributed by atoms with van der Waals surface area (Å²) in [7, 11) is 0. The van der Waals surface area contributed by atoms with E-state index in [1.165, 1.54) is 0 Å². The molecule has 178 valence electrons. The number of morpholine rings is 1. The van der Waals surface area contributed by atoms with Crippen LogP contribution in [0, 0.1) is 6.92 Å². The number of aliphatic hydroxyl groups is 1. The molecule has 8 heteroatoms. The Morgan fingerprint density at radius 1 is 1.24 bits per heavy atom. The fraction of sp³-hybridized carbons (Fsp3) is 0.480. The van der Waals surface area contributed by atoms with Crippen molar-refractivity contribution in [3.8, 4) is 11.3 Å². The first-order valence-corrected chi connectivity index (χ1v) is 12.2. The highest BCUT2D eigenvalue weighted by Crippen LogP contribution is 2.37. The predicted octanol–water partition coefficient (Wildman–Crippen LogP) is 4.80. The topological polar surface area (TPSA) is 62.6 Å². The molecule has 0 bridgehead atoms. The molecule has 1 aromatic carbocycles. The van der Waals surface area contributed by atoms with Gasteiger partial charge in [-0.15, -0.1) is 11.6 Å². The van der Waals surface area contributed by atoms with E-state index in [1.54, 1.807) is 18.5 Å². The van der Waals surface area contributed by atoms with E-state index in [2.05, 4.69) is 35.3 Å². The first-order chi connectivity index (χ1) is 15.7. The third-order valence-corrected chi connectivity index (χ3v) is 6.78. The van der Waals surface area contributed by atoms with Crippen LogP contribution in [0.2, 0.25) is 0 Å². The van der Waals surface area contributed by atoms with Crippen LogP contribution in [0.5, 0.6) is 0 Å². The molecule has 33 heavy (non-hydrogen) atoms. The summed E-state index contributed by atoms with van der Waals surface area (Å²) in [5.41, 5.74) is 4.27. The number of nitrogens with one attached hydrogen (secondary N) is 1. The summed E-state index contributed by atoms with van der Waals surface area (Å²) in [4.78, 5) is 2.41. The molecule has 6 nitrogen and oxygen atoms in total. The zero-order chi connectivity index (χ0) is 23.6. The molecule has 0 unspecified atom stereocenters. The molecule has 2 N–H and O–H groups in total. The number of halogens is 2. The molecule has 1 aliphatic carbocycles. The fourth-order valence-corrected chi connectivity index (χ4v) is 4.84. The Morgan fingerprint density at radius 3 is 2.67 bits per heavy atom. The molecule has 2 heterocycles. The van der Waals surface area contributed by atoms with Crippen LogP contribution in [0.25, 0.3) is 17.0 Å². The van der Waals surface area contributed by atoms with Crippen molar-refractivity contribution in [2.24, 2.45) is 0 Å². The average Bonchev–Trinajstić information content (AvgIpc) is 3.20. The summed E-state index contributed by atoms with van der Waals surface area (Å²) in [5.74, 6) is 0. The number of nitrogens with zero attached hydrogens (tertiary/aromatic N) is 3. The van der Waals surface area contributed by atoms with Crippen LogP contribution in [-0.2, 0) is 10.3 Å². The number of aromatic nitrogens is 2. The van der Waals surface area contributed by atoms with E-state index in [0.717, 1.165) is 67.6 Å². The summed E-state index contributed by atoms with van der Waals surface area (Å²) >= 11 is 13.2. The maximum absolute atomic E-state index is 10.6. The highest BCUT2D eigenvalue weighted by molar-refractivity contribution is 6.37. The lowest BCUT2D eigenvalue weighted by Crippen LogP contribution is -2.39. The zero-order valence-electron chi connectivity index (χ0n) is 19.4. The van der Waals surface area contributed by atoms with E-state index >= 15 is 0 Å². The molecule has 1 aromatic heterocycles. The smallest absolute Gasteiger partial charge is 0.103 e. The Kier molecular flexibility index (Phi) is 7.51. The van der Waals surface area contributed by atoms with Crippen molar-refractivity contribution < 1.29 is 9.84 Å². The van der Waals surface area contributed by atoms with Gasteiger partial charge < -0.3 is 15.2 Å². The summed E-state index contributed by atoms with van der Waals surface area (Å²) in [6.45, 7) is 11.0. The van der Waals surface area contributed by atoms with Crippen LogP contribution in [0.1, 0.15) is 31.5 Å². The molecule has 0 amide bonds. The summed E-state index contributed by atoms with van der Waals surface area (Å²) in [5, 5.41) is 19.1. The largest absolute Gasteiger partial charge is 0.384 e. The summed E-state index contributed by atoms with van der Waals surface area (Å²) < 4.78 is 7.21. The lowest BCUT2D eigenvalue weighted by molar-refractivity contribution is 0.0398. The van der Waals surface area contributed by atoms with E-state index in [9.17, 15) is 5.11 Å². The van der Waals surface area contributed by atoms with Gasteiger partial charge in [0.2, 0.25) is 0 Å². The number of rotatable bonds is 7. The second-order valence-electron chi connectivity index (χ2n) is 9.13. The third kappa shape index (κ3) is 5.64. The molecule has 1 saturated heterocycles. The number of alkyl halides is 1. The highest BCUT2D eigenvalue weighted by Gasteiger charge is 2.28. The third-order valence-electron chi connectivity index (χ3n) is 6.08. The monoisotopic (exact) mass is 490 g/mol. The van der Waals surface area contributed by atoms with Crippen molar-refractivity contribution in [1.29, 1.82) is 0 Å². The highest BCUT2D eigenvalue weighted by atomic mass is 35.5. The van der Waals surface area contributed by atoms with E-state index in [-0.39, 0.29) is 5.38 Å². The van der Waals surface area contributed by atoms with Gasteiger partial charge in [0.15, 0.2) is 0 Å². The first-order valence-electron chi connectivity index (χ1n) is 11.4. The number of benzene rings is 1. The second kappa shape index (κ2) is 10.2. The second-order valence-corrected chi connectivity index (χ2v) is 10.1. The van der Waals surface area contributed by atoms with Gasteiger partial charge >= 0.3 is 0 Å². The van der Waals surface area contributed by atoms with Crippen molar-refractivity contribution >= 4 is 34.6 Å². The number of anilines is 1. The van der Waals surface area contributed by atoms with Crippen LogP contribution in [0.4, 0.5) is 5.69 Å². The molecule has 4 rings (SSSR count). The summed E-state index contributed by atoms with van der Waals surface area (Å²) in [6.07, 6.45) is 4.50. The minimum atomic E-state index is -1.09. The Hall–Kier alpha value is -1.83. The van der Waals surface area contributed by atoms with Gasteiger partial charge in [0.25, 0.3) is 0 Å². The SMILES string of the molecule is Cc1cc(NCCN2CCOCC2)ccc1-c1cc(C(C)(C)O)nn1C1=C(Cl)C=CC[C@@H]1Cl. The van der Waals surface area contributed by atoms with Crippen molar-refractivity contribution in [2.45, 2.75) is 38.2 Å². The zero-order valence-corrected chi connectivity index (χ0v) is 21.0. The molecular weight excluding hydrogens is 459 g/mol. The minimum absolute atomic E-state index is 0.294. The lowest BCUT2D eigenvalue weighted by Gasteiger charge is -2.26. The molecule has 1 atom stereocenters. The van der Waals surface area contributed by atoms with Crippen LogP contribution < -0.4 is 5.32 Å². The number of aryl methyl sites for hydroxylation is 1.